The normalized spacial score (nSPS) is 12.8. The van der Waals surface area contributed by atoms with Crippen molar-refractivity contribution in [1.82, 2.24) is 20.0 Å². The molecule has 3 rings (SSSR count). The standard InChI is InChI=1S/C16H21N5S2.HI/c1-3-17-15(18-8-12(2)13-4-6-22-11-13)19-9-14-10-21-5-7-23-16(21)20-14;/h4-7,10-12H,3,8-9H2,1-2H3,(H2,17,18,19);1H. The maximum absolute atomic E-state index is 4.64. The summed E-state index contributed by atoms with van der Waals surface area (Å²) in [7, 11) is 0. The van der Waals surface area contributed by atoms with Gasteiger partial charge in [-0.3, -0.25) is 4.40 Å². The van der Waals surface area contributed by atoms with Crippen molar-refractivity contribution < 1.29 is 0 Å². The molecule has 2 N–H and O–H groups in total. The van der Waals surface area contributed by atoms with Gasteiger partial charge in [-0.25, -0.2) is 9.98 Å². The van der Waals surface area contributed by atoms with Crippen molar-refractivity contribution in [2.75, 3.05) is 13.1 Å². The number of guanidine groups is 1. The Labute approximate surface area is 167 Å². The Hall–Kier alpha value is -1.13. The van der Waals surface area contributed by atoms with Crippen LogP contribution in [0.4, 0.5) is 0 Å². The van der Waals surface area contributed by atoms with E-state index in [1.54, 1.807) is 22.7 Å². The summed E-state index contributed by atoms with van der Waals surface area (Å²) in [6, 6.07) is 2.18. The first-order chi connectivity index (χ1) is 11.3. The van der Waals surface area contributed by atoms with Crippen molar-refractivity contribution in [3.05, 3.63) is 45.9 Å². The quantitative estimate of drug-likeness (QED) is 0.323. The van der Waals surface area contributed by atoms with Gasteiger partial charge in [-0.05, 0) is 35.2 Å². The summed E-state index contributed by atoms with van der Waals surface area (Å²) < 4.78 is 2.04. The molecular formula is C16H22IN5S2. The van der Waals surface area contributed by atoms with Gasteiger partial charge < -0.3 is 10.6 Å². The molecule has 130 valence electrons. The molecule has 3 aromatic heterocycles. The van der Waals surface area contributed by atoms with E-state index in [9.17, 15) is 0 Å². The number of aliphatic imine (C=N–C) groups is 1. The minimum atomic E-state index is 0. The fourth-order valence-corrected chi connectivity index (χ4v) is 3.78. The molecule has 0 saturated carbocycles. The van der Waals surface area contributed by atoms with Crippen molar-refractivity contribution in [2.24, 2.45) is 4.99 Å². The maximum Gasteiger partial charge on any atom is 0.193 e. The topological polar surface area (TPSA) is 53.7 Å². The molecule has 0 spiro atoms. The Bertz CT molecular complexity index is 734. The van der Waals surface area contributed by atoms with Gasteiger partial charge in [0.15, 0.2) is 10.9 Å². The monoisotopic (exact) mass is 475 g/mol. The number of thiophene rings is 1. The van der Waals surface area contributed by atoms with E-state index >= 15 is 0 Å². The molecule has 0 amide bonds. The lowest BCUT2D eigenvalue weighted by Gasteiger charge is -2.15. The first-order valence-electron chi connectivity index (χ1n) is 7.71. The second-order valence-corrected chi connectivity index (χ2v) is 7.01. The van der Waals surface area contributed by atoms with Crippen molar-refractivity contribution >= 4 is 57.6 Å². The number of halogens is 1. The molecule has 0 aliphatic carbocycles. The zero-order chi connectivity index (χ0) is 16.1. The number of hydrogen-bond acceptors (Lipinski definition) is 4. The molecule has 1 atom stereocenters. The lowest BCUT2D eigenvalue weighted by molar-refractivity contribution is 0.701. The van der Waals surface area contributed by atoms with Crippen LogP contribution in [0.2, 0.25) is 0 Å². The molecule has 0 saturated heterocycles. The van der Waals surface area contributed by atoms with E-state index in [0.717, 1.165) is 29.7 Å². The Kier molecular flexibility index (Phi) is 7.50. The summed E-state index contributed by atoms with van der Waals surface area (Å²) in [5.41, 5.74) is 2.35. The van der Waals surface area contributed by atoms with Crippen LogP contribution in [0.5, 0.6) is 0 Å². The summed E-state index contributed by atoms with van der Waals surface area (Å²) in [5, 5.41) is 13.1. The second-order valence-electron chi connectivity index (χ2n) is 5.36. The summed E-state index contributed by atoms with van der Waals surface area (Å²) >= 11 is 3.38. The van der Waals surface area contributed by atoms with Gasteiger partial charge in [0.2, 0.25) is 0 Å². The summed E-state index contributed by atoms with van der Waals surface area (Å²) in [6.07, 6.45) is 4.05. The van der Waals surface area contributed by atoms with Crippen LogP contribution >= 0.6 is 46.7 Å². The predicted octanol–water partition coefficient (Wildman–Crippen LogP) is 3.93. The van der Waals surface area contributed by atoms with Gasteiger partial charge in [0.1, 0.15) is 0 Å². The Morgan fingerprint density at radius 3 is 2.96 bits per heavy atom. The van der Waals surface area contributed by atoms with Crippen LogP contribution in [-0.4, -0.2) is 28.4 Å². The second kappa shape index (κ2) is 9.38. The molecule has 3 aromatic rings. The highest BCUT2D eigenvalue weighted by Crippen LogP contribution is 2.17. The SMILES string of the molecule is CCNC(=NCc1cn2ccsc2n1)NCC(C)c1ccsc1.I. The molecule has 0 fully saturated rings. The van der Waals surface area contributed by atoms with Crippen molar-refractivity contribution in [3.8, 4) is 0 Å². The van der Waals surface area contributed by atoms with E-state index in [1.165, 1.54) is 5.56 Å². The number of thiazole rings is 1. The third-order valence-electron chi connectivity index (χ3n) is 3.57. The Balaban J connectivity index is 0.00000208. The first kappa shape index (κ1) is 19.2. The minimum absolute atomic E-state index is 0. The summed E-state index contributed by atoms with van der Waals surface area (Å²) in [5.74, 6) is 1.30. The fourth-order valence-electron chi connectivity index (χ4n) is 2.28. The van der Waals surface area contributed by atoms with Crippen LogP contribution in [-0.2, 0) is 6.54 Å². The zero-order valence-corrected chi connectivity index (χ0v) is 17.7. The molecule has 24 heavy (non-hydrogen) atoms. The lowest BCUT2D eigenvalue weighted by Crippen LogP contribution is -2.39. The van der Waals surface area contributed by atoms with Gasteiger partial charge in [-0.15, -0.1) is 35.3 Å². The minimum Gasteiger partial charge on any atom is -0.357 e. The van der Waals surface area contributed by atoms with Crippen LogP contribution in [0.25, 0.3) is 4.96 Å². The average molecular weight is 475 g/mol. The highest BCUT2D eigenvalue weighted by atomic mass is 127. The average Bonchev–Trinajstić information content (AvgIpc) is 3.25. The number of nitrogens with zero attached hydrogens (tertiary/aromatic N) is 3. The van der Waals surface area contributed by atoms with E-state index in [0.29, 0.717) is 12.5 Å². The number of hydrogen-bond donors (Lipinski definition) is 2. The Morgan fingerprint density at radius 2 is 2.25 bits per heavy atom. The van der Waals surface area contributed by atoms with E-state index in [2.05, 4.69) is 51.3 Å². The number of aromatic nitrogens is 2. The number of rotatable bonds is 6. The number of fused-ring (bicyclic) bond motifs is 1. The molecule has 3 heterocycles. The Morgan fingerprint density at radius 1 is 1.38 bits per heavy atom. The molecular weight excluding hydrogens is 453 g/mol. The molecule has 1 unspecified atom stereocenters. The van der Waals surface area contributed by atoms with E-state index in [4.69, 9.17) is 0 Å². The molecule has 8 heteroatoms. The molecule has 0 radical (unpaired) electrons. The van der Waals surface area contributed by atoms with Gasteiger partial charge >= 0.3 is 0 Å². The largest absolute Gasteiger partial charge is 0.357 e. The van der Waals surface area contributed by atoms with E-state index < -0.39 is 0 Å². The summed E-state index contributed by atoms with van der Waals surface area (Å²) in [4.78, 5) is 10.2. The number of nitrogens with one attached hydrogen (secondary N) is 2. The van der Waals surface area contributed by atoms with Crippen LogP contribution in [0.15, 0.2) is 39.6 Å². The molecule has 5 nitrogen and oxygen atoms in total. The molecule has 0 aliphatic heterocycles. The summed E-state index contributed by atoms with van der Waals surface area (Å²) in [6.45, 7) is 6.59. The number of imidazole rings is 1. The van der Waals surface area contributed by atoms with Gasteiger partial charge in [-0.1, -0.05) is 6.92 Å². The van der Waals surface area contributed by atoms with Gasteiger partial charge in [0, 0.05) is 30.9 Å². The van der Waals surface area contributed by atoms with E-state index in [-0.39, 0.29) is 24.0 Å². The van der Waals surface area contributed by atoms with Crippen LogP contribution in [0.1, 0.15) is 31.0 Å². The predicted molar refractivity (Wildman–Crippen MR) is 114 cm³/mol. The van der Waals surface area contributed by atoms with Gasteiger partial charge in [0.25, 0.3) is 0 Å². The lowest BCUT2D eigenvalue weighted by atomic mass is 10.1. The van der Waals surface area contributed by atoms with Crippen LogP contribution < -0.4 is 10.6 Å². The molecule has 0 aliphatic rings. The third-order valence-corrected chi connectivity index (χ3v) is 5.05. The van der Waals surface area contributed by atoms with Gasteiger partial charge in [-0.2, -0.15) is 11.3 Å². The van der Waals surface area contributed by atoms with Crippen molar-refractivity contribution in [1.29, 1.82) is 0 Å². The first-order valence-corrected chi connectivity index (χ1v) is 9.54. The fraction of sp³-hybridized carbons (Fsp3) is 0.375. The van der Waals surface area contributed by atoms with E-state index in [1.807, 2.05) is 22.2 Å². The molecule has 0 aromatic carbocycles. The van der Waals surface area contributed by atoms with Crippen LogP contribution in [0, 0.1) is 0 Å². The zero-order valence-electron chi connectivity index (χ0n) is 13.7. The highest BCUT2D eigenvalue weighted by molar-refractivity contribution is 14.0. The van der Waals surface area contributed by atoms with Crippen molar-refractivity contribution in [3.63, 3.8) is 0 Å². The highest BCUT2D eigenvalue weighted by Gasteiger charge is 2.07. The maximum atomic E-state index is 4.64. The third kappa shape index (κ3) is 4.93. The van der Waals surface area contributed by atoms with Gasteiger partial charge in [0.05, 0.1) is 12.2 Å². The van der Waals surface area contributed by atoms with Crippen LogP contribution in [0.3, 0.4) is 0 Å². The smallest absolute Gasteiger partial charge is 0.193 e. The molecule has 0 bridgehead atoms. The van der Waals surface area contributed by atoms with Crippen molar-refractivity contribution in [2.45, 2.75) is 26.3 Å².